The molecule has 0 saturated carbocycles. The lowest BCUT2D eigenvalue weighted by atomic mass is 9.99. The molecule has 116 valence electrons. The van der Waals surface area contributed by atoms with Crippen molar-refractivity contribution in [2.45, 2.75) is 46.6 Å². The number of ketones is 1. The highest BCUT2D eigenvalue weighted by Gasteiger charge is 2.16. The molecule has 0 saturated heterocycles. The minimum absolute atomic E-state index is 0.00340. The topological polar surface area (TPSA) is 66.4 Å². The van der Waals surface area contributed by atoms with Gasteiger partial charge in [-0.25, -0.2) is 0 Å². The molecular weight excluding hydrogens is 266 g/mol. The first kappa shape index (κ1) is 17.4. The van der Waals surface area contributed by atoms with E-state index in [1.165, 1.54) is 0 Å². The number of hydrogen-bond acceptors (Lipinski definition) is 3. The van der Waals surface area contributed by atoms with E-state index in [2.05, 4.69) is 5.32 Å². The van der Waals surface area contributed by atoms with Crippen molar-refractivity contribution in [3.05, 3.63) is 34.9 Å². The van der Waals surface area contributed by atoms with Crippen molar-refractivity contribution in [3.63, 3.8) is 0 Å². The van der Waals surface area contributed by atoms with E-state index in [9.17, 15) is 9.59 Å². The summed E-state index contributed by atoms with van der Waals surface area (Å²) in [4.78, 5) is 24.0. The van der Waals surface area contributed by atoms with Crippen molar-refractivity contribution in [1.29, 1.82) is 0 Å². The Morgan fingerprint density at radius 1 is 1.19 bits per heavy atom. The van der Waals surface area contributed by atoms with Crippen LogP contribution in [-0.2, 0) is 4.79 Å². The molecule has 1 rings (SSSR count). The Kier molecular flexibility index (Phi) is 6.56. The van der Waals surface area contributed by atoms with Crippen molar-refractivity contribution < 1.29 is 14.7 Å². The van der Waals surface area contributed by atoms with Crippen molar-refractivity contribution in [1.82, 2.24) is 5.32 Å². The van der Waals surface area contributed by atoms with Gasteiger partial charge in [-0.15, -0.1) is 0 Å². The maximum absolute atomic E-state index is 12.2. The Morgan fingerprint density at radius 2 is 1.86 bits per heavy atom. The molecule has 4 heteroatoms. The largest absolute Gasteiger partial charge is 0.396 e. The number of aliphatic hydroxyl groups excluding tert-OH is 1. The number of carbonyl (C=O) groups excluding carboxylic acids is 2. The summed E-state index contributed by atoms with van der Waals surface area (Å²) < 4.78 is 0. The van der Waals surface area contributed by atoms with Crippen LogP contribution in [0.5, 0.6) is 0 Å². The second-order valence-corrected chi connectivity index (χ2v) is 5.76. The monoisotopic (exact) mass is 291 g/mol. The van der Waals surface area contributed by atoms with Gasteiger partial charge < -0.3 is 10.4 Å². The lowest BCUT2D eigenvalue weighted by Crippen LogP contribution is -2.38. The number of aryl methyl sites for hydroxylation is 2. The molecule has 0 fully saturated rings. The average molecular weight is 291 g/mol. The van der Waals surface area contributed by atoms with Crippen LogP contribution >= 0.6 is 0 Å². The fourth-order valence-corrected chi connectivity index (χ4v) is 2.02. The molecule has 0 aliphatic heterocycles. The number of amides is 1. The molecule has 0 heterocycles. The van der Waals surface area contributed by atoms with Crippen molar-refractivity contribution in [2.24, 2.45) is 5.92 Å². The number of hydrogen-bond donors (Lipinski definition) is 2. The van der Waals surface area contributed by atoms with Gasteiger partial charge >= 0.3 is 0 Å². The first-order valence-corrected chi connectivity index (χ1v) is 7.35. The van der Waals surface area contributed by atoms with Gasteiger partial charge in [-0.3, -0.25) is 9.59 Å². The molecule has 0 bridgehead atoms. The molecule has 1 aromatic rings. The number of benzene rings is 1. The maximum atomic E-state index is 12.2. The third-order valence-electron chi connectivity index (χ3n) is 3.80. The predicted molar refractivity (Wildman–Crippen MR) is 83.3 cm³/mol. The molecule has 2 atom stereocenters. The first-order valence-electron chi connectivity index (χ1n) is 7.35. The summed E-state index contributed by atoms with van der Waals surface area (Å²) in [7, 11) is 0. The minimum Gasteiger partial charge on any atom is -0.396 e. The fourth-order valence-electron chi connectivity index (χ4n) is 2.02. The Balaban J connectivity index is 2.53. The Labute approximate surface area is 126 Å². The third-order valence-corrected chi connectivity index (χ3v) is 3.80. The smallest absolute Gasteiger partial charge is 0.220 e. The second kappa shape index (κ2) is 7.93. The molecule has 2 N–H and O–H groups in total. The lowest BCUT2D eigenvalue weighted by Gasteiger charge is -2.19. The highest BCUT2D eigenvalue weighted by molar-refractivity contribution is 5.99. The van der Waals surface area contributed by atoms with Crippen LogP contribution in [-0.4, -0.2) is 29.4 Å². The Hall–Kier alpha value is -1.68. The molecule has 4 nitrogen and oxygen atoms in total. The van der Waals surface area contributed by atoms with Crippen molar-refractivity contribution >= 4 is 11.7 Å². The van der Waals surface area contributed by atoms with E-state index in [1.54, 1.807) is 0 Å². The quantitative estimate of drug-likeness (QED) is 0.758. The van der Waals surface area contributed by atoms with Gasteiger partial charge in [-0.05, 0) is 38.3 Å². The van der Waals surface area contributed by atoms with E-state index in [1.807, 2.05) is 45.9 Å². The highest BCUT2D eigenvalue weighted by atomic mass is 16.3. The van der Waals surface area contributed by atoms with Gasteiger partial charge in [0.2, 0.25) is 5.91 Å². The van der Waals surface area contributed by atoms with E-state index >= 15 is 0 Å². The molecule has 2 unspecified atom stereocenters. The molecule has 0 radical (unpaired) electrons. The molecule has 0 spiro atoms. The van der Waals surface area contributed by atoms with E-state index in [0.29, 0.717) is 5.56 Å². The summed E-state index contributed by atoms with van der Waals surface area (Å²) in [5, 5.41) is 11.8. The summed E-state index contributed by atoms with van der Waals surface area (Å²) >= 11 is 0. The molecule has 1 aromatic carbocycles. The number of rotatable bonds is 7. The van der Waals surface area contributed by atoms with Crippen molar-refractivity contribution in [3.8, 4) is 0 Å². The van der Waals surface area contributed by atoms with Gasteiger partial charge in [0, 0.05) is 31.1 Å². The summed E-state index contributed by atoms with van der Waals surface area (Å²) in [5.41, 5.74) is 2.67. The van der Waals surface area contributed by atoms with Crippen LogP contribution < -0.4 is 5.32 Å². The molecule has 0 aromatic heterocycles. The van der Waals surface area contributed by atoms with E-state index < -0.39 is 0 Å². The summed E-state index contributed by atoms with van der Waals surface area (Å²) in [6.07, 6.45) is 0.380. The van der Waals surface area contributed by atoms with E-state index in [4.69, 9.17) is 5.11 Å². The maximum Gasteiger partial charge on any atom is 0.220 e. The lowest BCUT2D eigenvalue weighted by molar-refractivity contribution is -0.122. The van der Waals surface area contributed by atoms with Gasteiger partial charge in [-0.2, -0.15) is 0 Å². The third kappa shape index (κ3) is 5.31. The van der Waals surface area contributed by atoms with Gasteiger partial charge in [0.1, 0.15) is 0 Å². The van der Waals surface area contributed by atoms with Gasteiger partial charge in [0.25, 0.3) is 0 Å². The SMILES string of the molecule is Cc1ccc(C)c(C(=O)CCC(=O)NC(C)C(C)CO)c1. The van der Waals surface area contributed by atoms with Crippen LogP contribution in [0.3, 0.4) is 0 Å². The Bertz CT molecular complexity index is 511. The van der Waals surface area contributed by atoms with Crippen LogP contribution in [0.1, 0.15) is 48.2 Å². The molecule has 0 aliphatic carbocycles. The van der Waals surface area contributed by atoms with Gasteiger partial charge in [0.15, 0.2) is 5.78 Å². The molecular formula is C17H25NO3. The first-order chi connectivity index (χ1) is 9.85. The summed E-state index contributed by atoms with van der Waals surface area (Å²) in [6, 6.07) is 5.66. The van der Waals surface area contributed by atoms with Crippen LogP contribution in [0.15, 0.2) is 18.2 Å². The second-order valence-electron chi connectivity index (χ2n) is 5.76. The van der Waals surface area contributed by atoms with Crippen LogP contribution in [0.2, 0.25) is 0 Å². The number of nitrogens with one attached hydrogen (secondary N) is 1. The zero-order chi connectivity index (χ0) is 16.0. The summed E-state index contributed by atoms with van der Waals surface area (Å²) in [6.45, 7) is 7.60. The number of carbonyl (C=O) groups is 2. The number of aliphatic hydroxyl groups is 1. The zero-order valence-electron chi connectivity index (χ0n) is 13.3. The van der Waals surface area contributed by atoms with Crippen LogP contribution in [0.25, 0.3) is 0 Å². The van der Waals surface area contributed by atoms with E-state index in [0.717, 1.165) is 11.1 Å². The van der Waals surface area contributed by atoms with Crippen LogP contribution in [0, 0.1) is 19.8 Å². The van der Waals surface area contributed by atoms with Crippen molar-refractivity contribution in [2.75, 3.05) is 6.61 Å². The molecule has 1 amide bonds. The predicted octanol–water partition coefficient (Wildman–Crippen LogP) is 2.40. The Morgan fingerprint density at radius 3 is 2.48 bits per heavy atom. The van der Waals surface area contributed by atoms with Gasteiger partial charge in [0.05, 0.1) is 0 Å². The summed E-state index contributed by atoms with van der Waals surface area (Å²) in [5.74, 6) is -0.153. The normalized spacial score (nSPS) is 13.6. The zero-order valence-corrected chi connectivity index (χ0v) is 13.3. The minimum atomic E-state index is -0.151. The van der Waals surface area contributed by atoms with Crippen LogP contribution in [0.4, 0.5) is 0 Å². The highest BCUT2D eigenvalue weighted by Crippen LogP contribution is 2.14. The standard InChI is InChI=1S/C17H25NO3/c1-11-5-6-12(2)15(9-11)16(20)7-8-17(21)18-14(4)13(3)10-19/h5-6,9,13-14,19H,7-8,10H2,1-4H3,(H,18,21). The van der Waals surface area contributed by atoms with E-state index in [-0.39, 0.29) is 43.1 Å². The molecule has 21 heavy (non-hydrogen) atoms. The van der Waals surface area contributed by atoms with Gasteiger partial charge in [-0.1, -0.05) is 24.6 Å². The molecule has 0 aliphatic rings. The number of Topliss-reactive ketones (excluding diaryl/α,β-unsaturated/α-hetero) is 1. The average Bonchev–Trinajstić information content (AvgIpc) is 2.46. The fraction of sp³-hybridized carbons (Fsp3) is 0.529.